The number of H-pyrrole nitrogens is 1. The number of ether oxygens (including phenoxy) is 1. The van der Waals surface area contributed by atoms with Gasteiger partial charge in [-0.2, -0.15) is 0 Å². The molecule has 0 radical (unpaired) electrons. The van der Waals surface area contributed by atoms with Gasteiger partial charge in [-0.15, -0.1) is 0 Å². The first-order valence-electron chi connectivity index (χ1n) is 9.17. The van der Waals surface area contributed by atoms with Crippen molar-refractivity contribution in [1.82, 2.24) is 14.9 Å². The standard InChI is InChI=1S/C19H25N3O4/c1-11-3-2-4-14-19(11)21-17(20-14)9-26-10-18(25)22-7-12-5-15(23)16(24)6-13(12)8-22/h2-4,12-13,15-16,23-24H,5-10H2,1H3,(H,20,21)/t12-,13+,15+,16-. The molecular formula is C19H25N3O4. The van der Waals surface area contributed by atoms with Gasteiger partial charge in [-0.3, -0.25) is 4.79 Å². The Bertz CT molecular complexity index is 787. The lowest BCUT2D eigenvalue weighted by Gasteiger charge is -2.31. The van der Waals surface area contributed by atoms with E-state index in [1.165, 1.54) is 0 Å². The van der Waals surface area contributed by atoms with E-state index in [4.69, 9.17) is 4.74 Å². The van der Waals surface area contributed by atoms with Crippen molar-refractivity contribution in [2.24, 2.45) is 11.8 Å². The third-order valence-corrected chi connectivity index (χ3v) is 5.69. The van der Waals surface area contributed by atoms with E-state index < -0.39 is 12.2 Å². The number of rotatable bonds is 4. The molecule has 3 N–H and O–H groups in total. The van der Waals surface area contributed by atoms with Crippen molar-refractivity contribution < 1.29 is 19.7 Å². The van der Waals surface area contributed by atoms with Crippen molar-refractivity contribution in [3.63, 3.8) is 0 Å². The number of nitrogens with one attached hydrogen (secondary N) is 1. The number of carbonyl (C=O) groups is 1. The Labute approximate surface area is 152 Å². The van der Waals surface area contributed by atoms with Crippen LogP contribution in [0, 0.1) is 18.8 Å². The molecule has 7 nitrogen and oxygen atoms in total. The number of imidazole rings is 1. The van der Waals surface area contributed by atoms with Crippen LogP contribution in [0.25, 0.3) is 11.0 Å². The molecule has 0 bridgehead atoms. The number of fused-ring (bicyclic) bond motifs is 2. The van der Waals surface area contributed by atoms with Crippen LogP contribution in [0.4, 0.5) is 0 Å². The average Bonchev–Trinajstić information content (AvgIpc) is 3.20. The summed E-state index contributed by atoms with van der Waals surface area (Å²) < 4.78 is 5.58. The molecule has 2 heterocycles. The van der Waals surface area contributed by atoms with E-state index in [-0.39, 0.29) is 31.0 Å². The van der Waals surface area contributed by atoms with Gasteiger partial charge in [-0.05, 0) is 43.2 Å². The summed E-state index contributed by atoms with van der Waals surface area (Å²) in [6.07, 6.45) is -0.206. The summed E-state index contributed by atoms with van der Waals surface area (Å²) in [5, 5.41) is 19.6. The summed E-state index contributed by atoms with van der Waals surface area (Å²) in [5.74, 6) is 1.21. The SMILES string of the molecule is Cc1cccc2[nH]c(COCC(=O)N3C[C@H]4C[C@H](O)[C@H](O)C[C@H]4C3)nc12. The van der Waals surface area contributed by atoms with Gasteiger partial charge in [0.05, 0.1) is 23.2 Å². The molecule has 0 unspecified atom stereocenters. The van der Waals surface area contributed by atoms with Gasteiger partial charge in [0.1, 0.15) is 19.0 Å². The van der Waals surface area contributed by atoms with Crippen molar-refractivity contribution in [3.8, 4) is 0 Å². The van der Waals surface area contributed by atoms with Gasteiger partial charge in [0.25, 0.3) is 0 Å². The summed E-state index contributed by atoms with van der Waals surface area (Å²) in [4.78, 5) is 21.9. The van der Waals surface area contributed by atoms with E-state index in [1.54, 1.807) is 4.90 Å². The normalized spacial score (nSPS) is 28.5. The minimum atomic E-state index is -0.668. The van der Waals surface area contributed by atoms with Gasteiger partial charge in [0.15, 0.2) is 0 Å². The summed E-state index contributed by atoms with van der Waals surface area (Å²) in [6.45, 7) is 3.57. The second-order valence-electron chi connectivity index (χ2n) is 7.57. The fourth-order valence-corrected chi connectivity index (χ4v) is 4.23. The van der Waals surface area contributed by atoms with Crippen LogP contribution in [-0.2, 0) is 16.1 Å². The van der Waals surface area contributed by atoms with Crippen molar-refractivity contribution in [2.45, 2.75) is 38.6 Å². The van der Waals surface area contributed by atoms with E-state index >= 15 is 0 Å². The van der Waals surface area contributed by atoms with Crippen LogP contribution in [0.15, 0.2) is 18.2 Å². The number of para-hydroxylation sites is 1. The number of nitrogens with zero attached hydrogens (tertiary/aromatic N) is 2. The number of likely N-dealkylation sites (tertiary alicyclic amines) is 1. The van der Waals surface area contributed by atoms with Crippen LogP contribution >= 0.6 is 0 Å². The molecule has 4 rings (SSSR count). The van der Waals surface area contributed by atoms with Crippen LogP contribution in [0.1, 0.15) is 24.2 Å². The number of aliphatic hydroxyl groups excluding tert-OH is 2. The minimum Gasteiger partial charge on any atom is -0.390 e. The Balaban J connectivity index is 1.29. The Morgan fingerprint density at radius 1 is 1.27 bits per heavy atom. The van der Waals surface area contributed by atoms with Gasteiger partial charge < -0.3 is 24.8 Å². The Kier molecular flexibility index (Phi) is 4.69. The topological polar surface area (TPSA) is 98.7 Å². The molecule has 1 aliphatic carbocycles. The van der Waals surface area contributed by atoms with E-state index in [0.717, 1.165) is 16.6 Å². The number of aliphatic hydroxyl groups is 2. The zero-order valence-corrected chi connectivity index (χ0v) is 14.9. The number of hydrogen-bond donors (Lipinski definition) is 3. The van der Waals surface area contributed by atoms with Crippen LogP contribution < -0.4 is 0 Å². The molecule has 1 aliphatic heterocycles. The van der Waals surface area contributed by atoms with E-state index in [0.29, 0.717) is 31.8 Å². The number of hydrogen-bond acceptors (Lipinski definition) is 5. The average molecular weight is 359 g/mol. The Morgan fingerprint density at radius 3 is 2.62 bits per heavy atom. The highest BCUT2D eigenvalue weighted by atomic mass is 16.5. The fourth-order valence-electron chi connectivity index (χ4n) is 4.23. The maximum absolute atomic E-state index is 12.4. The molecule has 4 atom stereocenters. The lowest BCUT2D eigenvalue weighted by atomic mass is 9.79. The molecule has 1 amide bonds. The van der Waals surface area contributed by atoms with Gasteiger partial charge in [0.2, 0.25) is 5.91 Å². The monoisotopic (exact) mass is 359 g/mol. The van der Waals surface area contributed by atoms with Gasteiger partial charge in [-0.25, -0.2) is 4.98 Å². The fraction of sp³-hybridized carbons (Fsp3) is 0.579. The van der Waals surface area contributed by atoms with Crippen LogP contribution in [0.3, 0.4) is 0 Å². The smallest absolute Gasteiger partial charge is 0.248 e. The quantitative estimate of drug-likeness (QED) is 0.756. The van der Waals surface area contributed by atoms with Gasteiger partial charge >= 0.3 is 0 Å². The molecule has 2 aliphatic rings. The lowest BCUT2D eigenvalue weighted by molar-refractivity contribution is -0.135. The maximum Gasteiger partial charge on any atom is 0.248 e. The van der Waals surface area contributed by atoms with Crippen molar-refractivity contribution in [2.75, 3.05) is 19.7 Å². The highest BCUT2D eigenvalue weighted by Gasteiger charge is 2.42. The first-order chi connectivity index (χ1) is 12.5. The third kappa shape index (κ3) is 3.34. The predicted molar refractivity (Wildman–Crippen MR) is 95.3 cm³/mol. The van der Waals surface area contributed by atoms with E-state index in [1.807, 2.05) is 25.1 Å². The zero-order valence-electron chi connectivity index (χ0n) is 14.9. The molecule has 140 valence electrons. The molecule has 1 aromatic carbocycles. The molecule has 1 aromatic heterocycles. The molecule has 1 saturated heterocycles. The van der Waals surface area contributed by atoms with E-state index in [2.05, 4.69) is 9.97 Å². The number of benzene rings is 1. The summed E-state index contributed by atoms with van der Waals surface area (Å²) >= 11 is 0. The maximum atomic E-state index is 12.4. The highest BCUT2D eigenvalue weighted by molar-refractivity contribution is 5.79. The van der Waals surface area contributed by atoms with Crippen molar-refractivity contribution in [1.29, 1.82) is 0 Å². The predicted octanol–water partition coefficient (Wildman–Crippen LogP) is 0.978. The Morgan fingerprint density at radius 2 is 1.96 bits per heavy atom. The van der Waals surface area contributed by atoms with E-state index in [9.17, 15) is 15.0 Å². The number of aromatic nitrogens is 2. The second-order valence-corrected chi connectivity index (χ2v) is 7.57. The number of aryl methyl sites for hydroxylation is 1. The molecule has 7 heteroatoms. The number of aromatic amines is 1. The number of carbonyl (C=O) groups excluding carboxylic acids is 1. The third-order valence-electron chi connectivity index (χ3n) is 5.69. The first kappa shape index (κ1) is 17.5. The van der Waals surface area contributed by atoms with Gasteiger partial charge in [-0.1, -0.05) is 12.1 Å². The largest absolute Gasteiger partial charge is 0.390 e. The van der Waals surface area contributed by atoms with Crippen LogP contribution in [0.5, 0.6) is 0 Å². The molecular weight excluding hydrogens is 334 g/mol. The second kappa shape index (κ2) is 6.98. The van der Waals surface area contributed by atoms with Crippen molar-refractivity contribution >= 4 is 16.9 Å². The summed E-state index contributed by atoms with van der Waals surface area (Å²) in [6, 6.07) is 5.96. The first-order valence-corrected chi connectivity index (χ1v) is 9.17. The summed E-state index contributed by atoms with van der Waals surface area (Å²) in [7, 11) is 0. The van der Waals surface area contributed by atoms with Crippen LogP contribution in [-0.4, -0.2) is 62.9 Å². The molecule has 1 saturated carbocycles. The zero-order chi connectivity index (χ0) is 18.3. The molecule has 0 spiro atoms. The summed E-state index contributed by atoms with van der Waals surface area (Å²) in [5.41, 5.74) is 3.00. The highest BCUT2D eigenvalue weighted by Crippen LogP contribution is 2.36. The molecule has 2 fully saturated rings. The lowest BCUT2D eigenvalue weighted by Crippen LogP contribution is -2.38. The molecule has 26 heavy (non-hydrogen) atoms. The van der Waals surface area contributed by atoms with Gasteiger partial charge in [0, 0.05) is 13.1 Å². The minimum absolute atomic E-state index is 0.0145. The molecule has 2 aromatic rings. The van der Waals surface area contributed by atoms with Crippen LogP contribution in [0.2, 0.25) is 0 Å². The Hall–Kier alpha value is -1.96. The number of amides is 1. The van der Waals surface area contributed by atoms with Crippen molar-refractivity contribution in [3.05, 3.63) is 29.6 Å².